The molecule has 1 aliphatic rings. The van der Waals surface area contributed by atoms with Crippen molar-refractivity contribution in [2.24, 2.45) is 5.92 Å². The van der Waals surface area contributed by atoms with Crippen LogP contribution in [-0.2, 0) is 4.74 Å². The largest absolute Gasteiger partial charge is 0.486 e. The van der Waals surface area contributed by atoms with Crippen LogP contribution >= 0.6 is 11.6 Å². The lowest BCUT2D eigenvalue weighted by Gasteiger charge is -2.22. The lowest BCUT2D eigenvalue weighted by Crippen LogP contribution is -2.22. The van der Waals surface area contributed by atoms with E-state index in [1.54, 1.807) is 0 Å². The van der Waals surface area contributed by atoms with E-state index in [-0.39, 0.29) is 33.5 Å². The topological polar surface area (TPSA) is 98.9 Å². The van der Waals surface area contributed by atoms with Crippen LogP contribution in [0.4, 0.5) is 5.69 Å². The van der Waals surface area contributed by atoms with Crippen molar-refractivity contribution < 1.29 is 24.3 Å². The number of halogens is 1. The molecule has 1 fully saturated rings. The molecule has 0 unspecified atom stereocenters. The Balaban J connectivity index is 2.30. The van der Waals surface area contributed by atoms with Crippen molar-refractivity contribution in [1.29, 1.82) is 0 Å². The molecule has 0 atom stereocenters. The molecule has 0 aliphatic carbocycles. The van der Waals surface area contributed by atoms with Crippen molar-refractivity contribution in [1.82, 2.24) is 0 Å². The minimum absolute atomic E-state index is 0.0338. The van der Waals surface area contributed by atoms with Gasteiger partial charge < -0.3 is 14.6 Å². The maximum atomic E-state index is 11.2. The molecular weight excluding hydrogens is 314 g/mol. The molecule has 0 spiro atoms. The molecular formula is C14H16ClNO6. The second-order valence-corrected chi connectivity index (χ2v) is 5.52. The summed E-state index contributed by atoms with van der Waals surface area (Å²) in [6.07, 6.45) is 1.65. The fourth-order valence-electron chi connectivity index (χ4n) is 2.35. The quantitative estimate of drug-likeness (QED) is 0.658. The van der Waals surface area contributed by atoms with E-state index < -0.39 is 10.9 Å². The molecule has 0 bridgehead atoms. The van der Waals surface area contributed by atoms with Crippen LogP contribution < -0.4 is 4.74 Å². The highest BCUT2D eigenvalue weighted by molar-refractivity contribution is 6.34. The Morgan fingerprint density at radius 2 is 2.18 bits per heavy atom. The van der Waals surface area contributed by atoms with E-state index in [9.17, 15) is 14.9 Å². The molecule has 0 radical (unpaired) electrons. The van der Waals surface area contributed by atoms with Crippen molar-refractivity contribution in [2.75, 3.05) is 19.8 Å². The lowest BCUT2D eigenvalue weighted by molar-refractivity contribution is -0.386. The number of carboxylic acid groups (broad SMARTS) is 1. The van der Waals surface area contributed by atoms with Crippen LogP contribution in [0.2, 0.25) is 5.02 Å². The molecule has 22 heavy (non-hydrogen) atoms. The van der Waals surface area contributed by atoms with Crippen molar-refractivity contribution in [3.05, 3.63) is 32.3 Å². The lowest BCUT2D eigenvalue weighted by atomic mass is 10.0. The first-order valence-corrected chi connectivity index (χ1v) is 7.21. The van der Waals surface area contributed by atoms with E-state index in [1.165, 1.54) is 6.92 Å². The molecule has 1 N–H and O–H groups in total. The first-order chi connectivity index (χ1) is 10.4. The second-order valence-electron chi connectivity index (χ2n) is 5.14. The summed E-state index contributed by atoms with van der Waals surface area (Å²) in [7, 11) is 0. The number of carbonyl (C=O) groups is 1. The van der Waals surface area contributed by atoms with E-state index >= 15 is 0 Å². The zero-order valence-electron chi connectivity index (χ0n) is 12.0. The van der Waals surface area contributed by atoms with E-state index in [4.69, 9.17) is 26.2 Å². The summed E-state index contributed by atoms with van der Waals surface area (Å²) in [5.74, 6) is -1.02. The van der Waals surface area contributed by atoms with Crippen LogP contribution in [-0.4, -0.2) is 35.8 Å². The van der Waals surface area contributed by atoms with Gasteiger partial charge in [0.25, 0.3) is 0 Å². The molecule has 1 saturated heterocycles. The summed E-state index contributed by atoms with van der Waals surface area (Å²) >= 11 is 5.99. The van der Waals surface area contributed by atoms with Gasteiger partial charge in [-0.2, -0.15) is 0 Å². The summed E-state index contributed by atoms with van der Waals surface area (Å²) in [6, 6.07) is 0.941. The molecule has 1 aromatic rings. The van der Waals surface area contributed by atoms with Crippen molar-refractivity contribution in [3.8, 4) is 5.75 Å². The molecule has 8 heteroatoms. The Morgan fingerprint density at radius 3 is 2.73 bits per heavy atom. The number of ether oxygens (including phenoxy) is 2. The third kappa shape index (κ3) is 3.48. The predicted molar refractivity (Wildman–Crippen MR) is 78.8 cm³/mol. The Kier molecular flexibility index (Phi) is 5.20. The summed E-state index contributed by atoms with van der Waals surface area (Å²) in [5, 5.41) is 20.2. The average Bonchev–Trinajstić information content (AvgIpc) is 2.49. The number of hydrogen-bond donors (Lipinski definition) is 1. The van der Waals surface area contributed by atoms with Gasteiger partial charge in [-0.1, -0.05) is 11.6 Å². The first-order valence-electron chi connectivity index (χ1n) is 6.83. The van der Waals surface area contributed by atoms with Gasteiger partial charge in [-0.05, 0) is 25.7 Å². The summed E-state index contributed by atoms with van der Waals surface area (Å²) in [4.78, 5) is 21.6. The van der Waals surface area contributed by atoms with Gasteiger partial charge in [0.2, 0.25) is 5.75 Å². The number of rotatable bonds is 5. The van der Waals surface area contributed by atoms with Crippen molar-refractivity contribution in [2.45, 2.75) is 19.8 Å². The summed E-state index contributed by atoms with van der Waals surface area (Å²) in [6.45, 7) is 3.12. The van der Waals surface area contributed by atoms with Gasteiger partial charge in [-0.3, -0.25) is 10.1 Å². The van der Waals surface area contributed by atoms with Crippen molar-refractivity contribution in [3.63, 3.8) is 0 Å². The van der Waals surface area contributed by atoms with Gasteiger partial charge in [0.1, 0.15) is 0 Å². The number of nitro groups is 1. The maximum absolute atomic E-state index is 11.2. The summed E-state index contributed by atoms with van der Waals surface area (Å²) < 4.78 is 10.9. The number of carboxylic acids is 1. The van der Waals surface area contributed by atoms with Gasteiger partial charge in [0.05, 0.1) is 22.1 Å². The number of benzene rings is 1. The smallest absolute Gasteiger partial charge is 0.337 e. The van der Waals surface area contributed by atoms with Gasteiger partial charge >= 0.3 is 11.7 Å². The number of nitro benzene ring substituents is 1. The zero-order valence-corrected chi connectivity index (χ0v) is 12.8. The molecule has 7 nitrogen and oxygen atoms in total. The third-order valence-corrected chi connectivity index (χ3v) is 4.14. The maximum Gasteiger partial charge on any atom is 0.337 e. The molecule has 120 valence electrons. The highest BCUT2D eigenvalue weighted by atomic mass is 35.5. The highest BCUT2D eigenvalue weighted by Gasteiger charge is 2.26. The number of hydrogen-bond acceptors (Lipinski definition) is 5. The van der Waals surface area contributed by atoms with Gasteiger partial charge in [0.15, 0.2) is 0 Å². The standard InChI is InChI=1S/C14H16ClNO6/c1-8-12(15)10(14(17)18)6-11(16(19)20)13(8)22-7-9-2-4-21-5-3-9/h6,9H,2-5,7H2,1H3,(H,17,18). The fraction of sp³-hybridized carbons (Fsp3) is 0.500. The van der Waals surface area contributed by atoms with Crippen LogP contribution in [0.5, 0.6) is 5.75 Å². The van der Waals surface area contributed by atoms with Crippen LogP contribution in [0.15, 0.2) is 6.07 Å². The van der Waals surface area contributed by atoms with Gasteiger partial charge in [-0.25, -0.2) is 4.79 Å². The molecule has 1 aromatic carbocycles. The minimum Gasteiger partial charge on any atom is -0.486 e. The SMILES string of the molecule is Cc1c(Cl)c(C(=O)O)cc([N+](=O)[O-])c1OCC1CCOCC1. The number of aromatic carboxylic acids is 1. The molecule has 0 aromatic heterocycles. The van der Waals surface area contributed by atoms with E-state index in [0.29, 0.717) is 19.8 Å². The molecule has 1 heterocycles. The first kappa shape index (κ1) is 16.5. The van der Waals surface area contributed by atoms with Crippen molar-refractivity contribution >= 4 is 23.3 Å². The molecule has 2 rings (SSSR count). The Morgan fingerprint density at radius 1 is 1.55 bits per heavy atom. The average molecular weight is 330 g/mol. The second kappa shape index (κ2) is 6.93. The monoisotopic (exact) mass is 329 g/mol. The molecule has 1 aliphatic heterocycles. The van der Waals surface area contributed by atoms with E-state index in [0.717, 1.165) is 18.9 Å². The fourth-order valence-corrected chi connectivity index (χ4v) is 2.57. The summed E-state index contributed by atoms with van der Waals surface area (Å²) in [5.41, 5.74) is -0.420. The van der Waals surface area contributed by atoms with Gasteiger partial charge in [0, 0.05) is 24.8 Å². The van der Waals surface area contributed by atoms with E-state index in [2.05, 4.69) is 0 Å². The Hall–Kier alpha value is -1.86. The minimum atomic E-state index is -1.31. The molecule has 0 amide bonds. The normalized spacial score (nSPS) is 15.5. The third-order valence-electron chi connectivity index (χ3n) is 3.65. The van der Waals surface area contributed by atoms with E-state index in [1.807, 2.05) is 0 Å². The highest BCUT2D eigenvalue weighted by Crippen LogP contribution is 2.38. The van der Waals surface area contributed by atoms with Crippen LogP contribution in [0.25, 0.3) is 0 Å². The van der Waals surface area contributed by atoms with Crippen LogP contribution in [0, 0.1) is 23.0 Å². The Bertz CT molecular complexity index is 597. The van der Waals surface area contributed by atoms with Crippen LogP contribution in [0.1, 0.15) is 28.8 Å². The zero-order chi connectivity index (χ0) is 16.3. The number of nitrogens with zero attached hydrogens (tertiary/aromatic N) is 1. The Labute approximate surface area is 131 Å². The predicted octanol–water partition coefficient (Wildman–Crippen LogP) is 3.06. The van der Waals surface area contributed by atoms with Crippen LogP contribution in [0.3, 0.4) is 0 Å². The van der Waals surface area contributed by atoms with Gasteiger partial charge in [-0.15, -0.1) is 0 Å². The molecule has 0 saturated carbocycles.